The summed E-state index contributed by atoms with van der Waals surface area (Å²) in [4.78, 5) is 11.5. The molecule has 0 radical (unpaired) electrons. The molecule has 0 aromatic carbocycles. The van der Waals surface area contributed by atoms with E-state index in [0.717, 1.165) is 17.8 Å². The van der Waals surface area contributed by atoms with E-state index in [1.165, 1.54) is 12.8 Å². The molecule has 0 bridgehead atoms. The molecule has 1 atom stereocenters. The smallest absolute Gasteiger partial charge is 0.325 e. The van der Waals surface area contributed by atoms with Crippen molar-refractivity contribution in [2.75, 3.05) is 6.54 Å². The lowest BCUT2D eigenvalue weighted by Gasteiger charge is -2.21. The van der Waals surface area contributed by atoms with Crippen LogP contribution in [-0.4, -0.2) is 27.4 Å². The zero-order valence-corrected chi connectivity index (χ0v) is 12.1. The van der Waals surface area contributed by atoms with E-state index in [-0.39, 0.29) is 5.41 Å². The van der Waals surface area contributed by atoms with Crippen molar-refractivity contribution >= 4 is 5.97 Å². The topological polar surface area (TPSA) is 67.2 Å². The fourth-order valence-electron chi connectivity index (χ4n) is 2.24. The molecular weight excluding hydrogens is 242 g/mol. The van der Waals surface area contributed by atoms with Crippen LogP contribution in [-0.2, 0) is 17.3 Å². The molecule has 1 aromatic rings. The average molecular weight is 265 g/mol. The highest BCUT2D eigenvalue weighted by molar-refractivity contribution is 5.76. The summed E-state index contributed by atoms with van der Waals surface area (Å²) in [5.74, 6) is -0.184. The lowest BCUT2D eigenvalue weighted by Crippen LogP contribution is -2.32. The minimum Gasteiger partial charge on any atom is -0.480 e. The Morgan fingerprint density at radius 1 is 1.58 bits per heavy atom. The Morgan fingerprint density at radius 3 is 2.68 bits per heavy atom. The summed E-state index contributed by atoms with van der Waals surface area (Å²) in [6.07, 6.45) is 4.23. The standard InChI is InChI=1S/C14H23N3O2/c1-14(2,3)12-10(8-17(4)16-12)11(13(18)19)15-7-9-5-6-9/h8-9,11,15H,5-7H2,1-4H3,(H,18,19). The number of carbonyl (C=O) groups is 1. The highest BCUT2D eigenvalue weighted by Gasteiger charge is 2.31. The SMILES string of the molecule is Cn1cc(C(NCC2CC2)C(=O)O)c(C(C)(C)C)n1. The van der Waals surface area contributed by atoms with E-state index in [4.69, 9.17) is 0 Å². The first kappa shape index (κ1) is 14.1. The largest absolute Gasteiger partial charge is 0.480 e. The fourth-order valence-corrected chi connectivity index (χ4v) is 2.24. The zero-order chi connectivity index (χ0) is 14.2. The van der Waals surface area contributed by atoms with Gasteiger partial charge < -0.3 is 10.4 Å². The Morgan fingerprint density at radius 2 is 2.21 bits per heavy atom. The van der Waals surface area contributed by atoms with Gasteiger partial charge in [0.1, 0.15) is 6.04 Å². The van der Waals surface area contributed by atoms with Crippen LogP contribution in [0.15, 0.2) is 6.20 Å². The van der Waals surface area contributed by atoms with E-state index in [1.807, 2.05) is 13.2 Å². The van der Waals surface area contributed by atoms with Crippen molar-refractivity contribution in [1.82, 2.24) is 15.1 Å². The molecule has 0 spiro atoms. The van der Waals surface area contributed by atoms with E-state index >= 15 is 0 Å². The van der Waals surface area contributed by atoms with E-state index < -0.39 is 12.0 Å². The number of aliphatic carboxylic acids is 1. The van der Waals surface area contributed by atoms with Crippen LogP contribution in [0.25, 0.3) is 0 Å². The van der Waals surface area contributed by atoms with Crippen molar-refractivity contribution in [2.24, 2.45) is 13.0 Å². The maximum atomic E-state index is 11.5. The molecule has 5 nitrogen and oxygen atoms in total. The van der Waals surface area contributed by atoms with Crippen LogP contribution >= 0.6 is 0 Å². The molecule has 0 aliphatic heterocycles. The Balaban J connectivity index is 2.26. The van der Waals surface area contributed by atoms with Crippen molar-refractivity contribution in [3.8, 4) is 0 Å². The second-order valence-electron chi connectivity index (χ2n) is 6.48. The molecule has 0 saturated heterocycles. The molecule has 1 unspecified atom stereocenters. The minimum atomic E-state index is -0.834. The van der Waals surface area contributed by atoms with Crippen LogP contribution in [0.1, 0.15) is 50.9 Å². The van der Waals surface area contributed by atoms with Crippen molar-refractivity contribution in [3.63, 3.8) is 0 Å². The minimum absolute atomic E-state index is 0.161. The first-order chi connectivity index (χ1) is 8.79. The predicted octanol–water partition coefficient (Wildman–Crippen LogP) is 1.84. The van der Waals surface area contributed by atoms with Crippen LogP contribution in [0.3, 0.4) is 0 Å². The number of hydrogen-bond donors (Lipinski definition) is 2. The number of nitrogens with one attached hydrogen (secondary N) is 1. The van der Waals surface area contributed by atoms with Gasteiger partial charge in [-0.25, -0.2) is 0 Å². The van der Waals surface area contributed by atoms with Gasteiger partial charge in [0.25, 0.3) is 0 Å². The highest BCUT2D eigenvalue weighted by atomic mass is 16.4. The van der Waals surface area contributed by atoms with Gasteiger partial charge in [-0.15, -0.1) is 0 Å². The van der Waals surface area contributed by atoms with E-state index in [1.54, 1.807) is 4.68 Å². The van der Waals surface area contributed by atoms with Crippen LogP contribution in [0.5, 0.6) is 0 Å². The molecule has 19 heavy (non-hydrogen) atoms. The summed E-state index contributed by atoms with van der Waals surface area (Å²) >= 11 is 0. The fraction of sp³-hybridized carbons (Fsp3) is 0.714. The van der Waals surface area contributed by atoms with Crippen molar-refractivity contribution in [1.29, 1.82) is 0 Å². The summed E-state index contributed by atoms with van der Waals surface area (Å²) in [5.41, 5.74) is 1.47. The van der Waals surface area contributed by atoms with Gasteiger partial charge in [-0.2, -0.15) is 5.10 Å². The maximum Gasteiger partial charge on any atom is 0.325 e. The van der Waals surface area contributed by atoms with Crippen molar-refractivity contribution < 1.29 is 9.90 Å². The van der Waals surface area contributed by atoms with Crippen LogP contribution in [0.4, 0.5) is 0 Å². The molecule has 2 rings (SSSR count). The Kier molecular flexibility index (Phi) is 3.67. The summed E-state index contributed by atoms with van der Waals surface area (Å²) in [7, 11) is 1.83. The van der Waals surface area contributed by atoms with Crippen molar-refractivity contribution in [3.05, 3.63) is 17.5 Å². The summed E-state index contributed by atoms with van der Waals surface area (Å²) < 4.78 is 1.70. The summed E-state index contributed by atoms with van der Waals surface area (Å²) in [6.45, 7) is 6.94. The number of carboxylic acids is 1. The van der Waals surface area contributed by atoms with Gasteiger partial charge in [0.15, 0.2) is 0 Å². The third-order valence-electron chi connectivity index (χ3n) is 3.43. The van der Waals surface area contributed by atoms with Gasteiger partial charge in [-0.1, -0.05) is 20.8 Å². The van der Waals surface area contributed by atoms with Crippen LogP contribution in [0.2, 0.25) is 0 Å². The third kappa shape index (κ3) is 3.35. The van der Waals surface area contributed by atoms with Gasteiger partial charge >= 0.3 is 5.97 Å². The summed E-state index contributed by atoms with van der Waals surface area (Å²) in [5, 5.41) is 17.1. The molecule has 2 N–H and O–H groups in total. The normalized spacial score (nSPS) is 17.5. The third-order valence-corrected chi connectivity index (χ3v) is 3.43. The second-order valence-corrected chi connectivity index (χ2v) is 6.48. The lowest BCUT2D eigenvalue weighted by molar-refractivity contribution is -0.139. The lowest BCUT2D eigenvalue weighted by atomic mass is 9.87. The van der Waals surface area contributed by atoms with E-state index in [0.29, 0.717) is 5.92 Å². The zero-order valence-electron chi connectivity index (χ0n) is 12.1. The molecule has 1 aliphatic rings. The van der Waals surface area contributed by atoms with Gasteiger partial charge in [0.05, 0.1) is 5.69 Å². The molecule has 1 saturated carbocycles. The second kappa shape index (κ2) is 4.96. The number of carboxylic acid groups (broad SMARTS) is 1. The monoisotopic (exact) mass is 265 g/mol. The molecule has 5 heteroatoms. The molecule has 106 valence electrons. The molecular formula is C14H23N3O2. The van der Waals surface area contributed by atoms with Gasteiger partial charge in [0, 0.05) is 24.2 Å². The summed E-state index contributed by atoms with van der Waals surface area (Å²) in [6, 6.07) is -0.663. The molecule has 1 aliphatic carbocycles. The number of rotatable bonds is 5. The number of nitrogens with zero attached hydrogens (tertiary/aromatic N) is 2. The molecule has 0 amide bonds. The first-order valence-electron chi connectivity index (χ1n) is 6.79. The van der Waals surface area contributed by atoms with E-state index in [9.17, 15) is 9.90 Å². The van der Waals surface area contributed by atoms with Gasteiger partial charge in [-0.3, -0.25) is 9.48 Å². The quantitative estimate of drug-likeness (QED) is 0.852. The molecule has 1 heterocycles. The molecule has 1 aromatic heterocycles. The van der Waals surface area contributed by atoms with E-state index in [2.05, 4.69) is 31.2 Å². The molecule has 1 fully saturated rings. The highest BCUT2D eigenvalue weighted by Crippen LogP contribution is 2.31. The van der Waals surface area contributed by atoms with Gasteiger partial charge in [0.2, 0.25) is 0 Å². The maximum absolute atomic E-state index is 11.5. The number of hydrogen-bond acceptors (Lipinski definition) is 3. The number of aromatic nitrogens is 2. The van der Waals surface area contributed by atoms with Crippen molar-refractivity contribution in [2.45, 2.75) is 45.1 Å². The predicted molar refractivity (Wildman–Crippen MR) is 73.0 cm³/mol. The Labute approximate surface area is 114 Å². The first-order valence-corrected chi connectivity index (χ1v) is 6.79. The average Bonchev–Trinajstić information content (AvgIpc) is 2.99. The Hall–Kier alpha value is -1.36. The van der Waals surface area contributed by atoms with Crippen LogP contribution in [0, 0.1) is 5.92 Å². The van der Waals surface area contributed by atoms with Crippen LogP contribution < -0.4 is 5.32 Å². The number of aryl methyl sites for hydroxylation is 1. The Bertz CT molecular complexity index is 470. The van der Waals surface area contributed by atoms with Gasteiger partial charge in [-0.05, 0) is 25.3 Å².